The number of benzene rings is 1. The van der Waals surface area contributed by atoms with Gasteiger partial charge in [-0.3, -0.25) is 4.68 Å². The molecule has 1 aliphatic carbocycles. The Kier molecular flexibility index (Phi) is 5.15. The van der Waals surface area contributed by atoms with Crippen LogP contribution in [-0.4, -0.2) is 33.1 Å². The molecule has 1 aliphatic rings. The van der Waals surface area contributed by atoms with E-state index < -0.39 is 0 Å². The molecule has 128 valence electrons. The highest BCUT2D eigenvalue weighted by atomic mass is 16.3. The molecule has 0 radical (unpaired) electrons. The molecule has 1 fully saturated rings. The van der Waals surface area contributed by atoms with E-state index in [1.54, 1.807) is 4.68 Å². The molecule has 0 bridgehead atoms. The van der Waals surface area contributed by atoms with E-state index in [2.05, 4.69) is 21.8 Å². The van der Waals surface area contributed by atoms with Gasteiger partial charge in [-0.15, -0.1) is 0 Å². The molecule has 24 heavy (non-hydrogen) atoms. The first-order valence-electron chi connectivity index (χ1n) is 8.40. The van der Waals surface area contributed by atoms with Crippen molar-refractivity contribution in [1.29, 1.82) is 0 Å². The number of aromatic nitrogens is 2. The highest BCUT2D eigenvalue weighted by molar-refractivity contribution is 5.74. The molecule has 0 saturated heterocycles. The van der Waals surface area contributed by atoms with Crippen LogP contribution in [0.2, 0.25) is 0 Å². The van der Waals surface area contributed by atoms with Crippen LogP contribution in [0.15, 0.2) is 36.7 Å². The normalized spacial score (nSPS) is 20.6. The standard InChI is InChI=1S/C18H24N4O2/c1-22-12-15(11-20-22)14-4-2-3-13(9-14)10-19-18(24)21-16-5-7-17(23)8-6-16/h2-4,9,11-12,16-17,23H,5-8,10H2,1H3,(H2,19,21,24). The molecule has 2 amide bonds. The first-order valence-corrected chi connectivity index (χ1v) is 8.40. The highest BCUT2D eigenvalue weighted by Crippen LogP contribution is 2.20. The zero-order valence-corrected chi connectivity index (χ0v) is 13.9. The zero-order valence-electron chi connectivity index (χ0n) is 13.9. The van der Waals surface area contributed by atoms with Gasteiger partial charge in [-0.1, -0.05) is 18.2 Å². The highest BCUT2D eigenvalue weighted by Gasteiger charge is 2.20. The van der Waals surface area contributed by atoms with E-state index in [9.17, 15) is 9.90 Å². The Morgan fingerprint density at radius 3 is 2.79 bits per heavy atom. The fraction of sp³-hybridized carbons (Fsp3) is 0.444. The number of amides is 2. The Morgan fingerprint density at radius 2 is 2.08 bits per heavy atom. The number of carbonyl (C=O) groups is 1. The fourth-order valence-electron chi connectivity index (χ4n) is 3.07. The quantitative estimate of drug-likeness (QED) is 0.805. The number of carbonyl (C=O) groups excluding carboxylic acids is 1. The maximum absolute atomic E-state index is 12.0. The number of aliphatic hydroxyl groups excluding tert-OH is 1. The summed E-state index contributed by atoms with van der Waals surface area (Å²) in [4.78, 5) is 12.0. The first kappa shape index (κ1) is 16.5. The van der Waals surface area contributed by atoms with Crippen LogP contribution in [0.25, 0.3) is 11.1 Å². The summed E-state index contributed by atoms with van der Waals surface area (Å²) in [5.41, 5.74) is 3.19. The van der Waals surface area contributed by atoms with Crippen molar-refractivity contribution in [2.75, 3.05) is 0 Å². The van der Waals surface area contributed by atoms with Crippen LogP contribution in [0, 0.1) is 0 Å². The monoisotopic (exact) mass is 328 g/mol. The van der Waals surface area contributed by atoms with Crippen LogP contribution in [0.1, 0.15) is 31.2 Å². The summed E-state index contributed by atoms with van der Waals surface area (Å²) in [6.45, 7) is 0.481. The molecule has 0 unspecified atom stereocenters. The van der Waals surface area contributed by atoms with Crippen LogP contribution in [0.3, 0.4) is 0 Å². The second kappa shape index (κ2) is 7.49. The third-order valence-corrected chi connectivity index (χ3v) is 4.45. The van der Waals surface area contributed by atoms with E-state index in [4.69, 9.17) is 0 Å². The Balaban J connectivity index is 1.52. The third kappa shape index (κ3) is 4.35. The number of hydrogen-bond acceptors (Lipinski definition) is 3. The minimum absolute atomic E-state index is 0.150. The Hall–Kier alpha value is -2.34. The lowest BCUT2D eigenvalue weighted by Crippen LogP contribution is -2.43. The lowest BCUT2D eigenvalue weighted by atomic mass is 9.93. The van der Waals surface area contributed by atoms with Crippen LogP contribution < -0.4 is 10.6 Å². The van der Waals surface area contributed by atoms with Crippen LogP contribution in [-0.2, 0) is 13.6 Å². The van der Waals surface area contributed by atoms with Gasteiger partial charge in [0.25, 0.3) is 0 Å². The predicted molar refractivity (Wildman–Crippen MR) is 92.3 cm³/mol. The van der Waals surface area contributed by atoms with Gasteiger partial charge in [0, 0.05) is 31.4 Å². The molecule has 1 aromatic heterocycles. The van der Waals surface area contributed by atoms with Crippen molar-refractivity contribution in [3.05, 3.63) is 42.2 Å². The summed E-state index contributed by atoms with van der Waals surface area (Å²) in [5, 5.41) is 19.6. The van der Waals surface area contributed by atoms with Crippen molar-refractivity contribution in [2.24, 2.45) is 7.05 Å². The maximum Gasteiger partial charge on any atom is 0.315 e. The average molecular weight is 328 g/mol. The van der Waals surface area contributed by atoms with Crippen molar-refractivity contribution >= 4 is 6.03 Å². The fourth-order valence-corrected chi connectivity index (χ4v) is 3.07. The van der Waals surface area contributed by atoms with Crippen molar-refractivity contribution in [2.45, 2.75) is 44.4 Å². The smallest absolute Gasteiger partial charge is 0.315 e. The van der Waals surface area contributed by atoms with Gasteiger partial charge >= 0.3 is 6.03 Å². The topological polar surface area (TPSA) is 79.2 Å². The number of aryl methyl sites for hydroxylation is 1. The van der Waals surface area contributed by atoms with E-state index >= 15 is 0 Å². The second-order valence-corrected chi connectivity index (χ2v) is 6.44. The summed E-state index contributed by atoms with van der Waals surface area (Å²) < 4.78 is 1.77. The molecule has 1 saturated carbocycles. The minimum Gasteiger partial charge on any atom is -0.393 e. The summed E-state index contributed by atoms with van der Waals surface area (Å²) in [6.07, 6.45) is 6.79. The second-order valence-electron chi connectivity index (χ2n) is 6.44. The number of urea groups is 1. The number of rotatable bonds is 4. The third-order valence-electron chi connectivity index (χ3n) is 4.45. The van der Waals surface area contributed by atoms with Crippen LogP contribution >= 0.6 is 0 Å². The number of nitrogens with one attached hydrogen (secondary N) is 2. The summed E-state index contributed by atoms with van der Waals surface area (Å²) in [6, 6.07) is 8.09. The largest absolute Gasteiger partial charge is 0.393 e. The van der Waals surface area contributed by atoms with E-state index in [0.717, 1.165) is 42.4 Å². The van der Waals surface area contributed by atoms with Gasteiger partial charge in [-0.2, -0.15) is 5.10 Å². The SMILES string of the molecule is Cn1cc(-c2cccc(CNC(=O)NC3CCC(O)CC3)c2)cn1. The number of hydrogen-bond donors (Lipinski definition) is 3. The van der Waals surface area contributed by atoms with E-state index in [0.29, 0.717) is 6.54 Å². The first-order chi connectivity index (χ1) is 11.6. The van der Waals surface area contributed by atoms with Crippen LogP contribution in [0.5, 0.6) is 0 Å². The minimum atomic E-state index is -0.207. The van der Waals surface area contributed by atoms with Gasteiger partial charge < -0.3 is 15.7 Å². The molecule has 6 nitrogen and oxygen atoms in total. The van der Waals surface area contributed by atoms with Crippen molar-refractivity contribution < 1.29 is 9.90 Å². The molecule has 3 rings (SSSR count). The summed E-state index contributed by atoms with van der Waals surface area (Å²) in [7, 11) is 1.89. The Labute approximate surface area is 141 Å². The Bertz CT molecular complexity index is 690. The molecule has 1 heterocycles. The summed E-state index contributed by atoms with van der Waals surface area (Å²) >= 11 is 0. The van der Waals surface area contributed by atoms with Gasteiger partial charge in [-0.25, -0.2) is 4.79 Å². The van der Waals surface area contributed by atoms with Gasteiger partial charge in [0.1, 0.15) is 0 Å². The van der Waals surface area contributed by atoms with Gasteiger partial charge in [0.15, 0.2) is 0 Å². The van der Waals surface area contributed by atoms with Crippen LogP contribution in [0.4, 0.5) is 4.79 Å². The van der Waals surface area contributed by atoms with Gasteiger partial charge in [-0.05, 0) is 42.9 Å². The van der Waals surface area contributed by atoms with E-state index in [-0.39, 0.29) is 18.2 Å². The maximum atomic E-state index is 12.0. The molecule has 0 atom stereocenters. The average Bonchev–Trinajstić information content (AvgIpc) is 3.02. The van der Waals surface area contributed by atoms with Gasteiger partial charge in [0.05, 0.1) is 12.3 Å². The Morgan fingerprint density at radius 1 is 1.29 bits per heavy atom. The molecule has 1 aromatic carbocycles. The van der Waals surface area contributed by atoms with Crippen molar-refractivity contribution in [3.63, 3.8) is 0 Å². The summed E-state index contributed by atoms with van der Waals surface area (Å²) in [5.74, 6) is 0. The number of aliphatic hydroxyl groups is 1. The molecule has 0 spiro atoms. The van der Waals surface area contributed by atoms with E-state index in [1.807, 2.05) is 37.6 Å². The number of nitrogens with zero attached hydrogens (tertiary/aromatic N) is 2. The molecular weight excluding hydrogens is 304 g/mol. The lowest BCUT2D eigenvalue weighted by Gasteiger charge is -2.26. The van der Waals surface area contributed by atoms with E-state index in [1.165, 1.54) is 0 Å². The molecule has 6 heteroatoms. The zero-order chi connectivity index (χ0) is 16.9. The lowest BCUT2D eigenvalue weighted by molar-refractivity contribution is 0.117. The molecule has 2 aromatic rings. The van der Waals surface area contributed by atoms with Gasteiger partial charge in [0.2, 0.25) is 0 Å². The van der Waals surface area contributed by atoms with Crippen molar-refractivity contribution in [3.8, 4) is 11.1 Å². The van der Waals surface area contributed by atoms with Crippen molar-refractivity contribution in [1.82, 2.24) is 20.4 Å². The molecular formula is C18H24N4O2. The molecule has 0 aliphatic heterocycles. The predicted octanol–water partition coefficient (Wildman–Crippen LogP) is 2.19. The molecule has 3 N–H and O–H groups in total.